The zero-order valence-corrected chi connectivity index (χ0v) is 15.6. The number of hydrogen-bond acceptors (Lipinski definition) is 6. The van der Waals surface area contributed by atoms with E-state index in [1.54, 1.807) is 21.3 Å². The fourth-order valence-electron chi connectivity index (χ4n) is 3.35. The first kappa shape index (κ1) is 18.3. The lowest BCUT2D eigenvalue weighted by atomic mass is 10.1. The third kappa shape index (κ3) is 5.26. The average Bonchev–Trinajstić information content (AvgIpc) is 2.60. The van der Waals surface area contributed by atoms with Gasteiger partial charge >= 0.3 is 8.80 Å². The van der Waals surface area contributed by atoms with Gasteiger partial charge in [-0.3, -0.25) is 9.80 Å². The second kappa shape index (κ2) is 9.32. The number of rotatable bonds is 8. The lowest BCUT2D eigenvalue weighted by Gasteiger charge is -2.38. The van der Waals surface area contributed by atoms with E-state index >= 15 is 0 Å². The summed E-state index contributed by atoms with van der Waals surface area (Å²) in [6.45, 7) is 9.44. The topological polar surface area (TPSA) is 37.4 Å². The molecule has 130 valence electrons. The highest BCUT2D eigenvalue weighted by Gasteiger charge is 2.40. The van der Waals surface area contributed by atoms with Crippen molar-refractivity contribution in [2.24, 2.45) is 0 Å². The van der Waals surface area contributed by atoms with Gasteiger partial charge in [-0.15, -0.1) is 0 Å². The van der Waals surface area contributed by atoms with Crippen molar-refractivity contribution in [1.82, 2.24) is 14.7 Å². The van der Waals surface area contributed by atoms with Crippen molar-refractivity contribution in [3.8, 4) is 0 Å². The number of likely N-dealkylation sites (tertiary alicyclic amines) is 1. The van der Waals surface area contributed by atoms with Gasteiger partial charge in [-0.05, 0) is 25.9 Å². The number of hydrogen-bond donors (Lipinski definition) is 0. The van der Waals surface area contributed by atoms with Crippen LogP contribution >= 0.6 is 0 Å². The van der Waals surface area contributed by atoms with Crippen LogP contribution in [0.3, 0.4) is 0 Å². The molecule has 2 saturated heterocycles. The van der Waals surface area contributed by atoms with Gasteiger partial charge in [0.1, 0.15) is 0 Å². The molecule has 0 saturated carbocycles. The van der Waals surface area contributed by atoms with E-state index in [9.17, 15) is 0 Å². The molecule has 22 heavy (non-hydrogen) atoms. The summed E-state index contributed by atoms with van der Waals surface area (Å²) in [5.41, 5.74) is 0. The highest BCUT2D eigenvalue weighted by molar-refractivity contribution is 6.60. The number of piperidine rings is 1. The predicted octanol–water partition coefficient (Wildman–Crippen LogP) is 0.507. The number of piperazine rings is 1. The Morgan fingerprint density at radius 3 is 1.59 bits per heavy atom. The van der Waals surface area contributed by atoms with E-state index in [-0.39, 0.29) is 0 Å². The molecule has 0 aromatic rings. The molecule has 2 rings (SSSR count). The van der Waals surface area contributed by atoms with Crippen LogP contribution < -0.4 is 0 Å². The van der Waals surface area contributed by atoms with Gasteiger partial charge in [0.05, 0.1) is 6.17 Å². The summed E-state index contributed by atoms with van der Waals surface area (Å²) < 4.78 is 16.6. The molecule has 6 nitrogen and oxygen atoms in total. The van der Waals surface area contributed by atoms with E-state index in [2.05, 4.69) is 14.7 Å². The van der Waals surface area contributed by atoms with Crippen LogP contribution in [-0.2, 0) is 13.3 Å². The summed E-state index contributed by atoms with van der Waals surface area (Å²) in [6, 6.07) is 0. The molecule has 2 heterocycles. The monoisotopic (exact) mass is 331 g/mol. The van der Waals surface area contributed by atoms with Crippen molar-refractivity contribution in [3.63, 3.8) is 0 Å². The van der Waals surface area contributed by atoms with Crippen LogP contribution in [0.25, 0.3) is 0 Å². The molecular weight excluding hydrogens is 298 g/mol. The van der Waals surface area contributed by atoms with Gasteiger partial charge in [0, 0.05) is 60.6 Å². The molecule has 0 aromatic carbocycles. The molecule has 0 amide bonds. The lowest BCUT2D eigenvalue weighted by molar-refractivity contribution is 0.0785. The largest absolute Gasteiger partial charge is 0.514 e. The standard InChI is InChI=1S/C15H33N3O3Si/c1-19-22(20-2,21-3)15-18-13-11-17(12-14-18)10-9-16-7-5-4-6-8-16/h4-15H2,1-3H3. The Morgan fingerprint density at radius 1 is 0.636 bits per heavy atom. The van der Waals surface area contributed by atoms with Crippen LogP contribution in [-0.4, -0.2) is 103 Å². The van der Waals surface area contributed by atoms with Crippen molar-refractivity contribution in [2.75, 3.05) is 79.9 Å². The molecule has 0 aliphatic carbocycles. The van der Waals surface area contributed by atoms with E-state index in [4.69, 9.17) is 13.3 Å². The van der Waals surface area contributed by atoms with Gasteiger partial charge in [-0.1, -0.05) is 6.42 Å². The maximum atomic E-state index is 5.53. The maximum absolute atomic E-state index is 5.53. The van der Waals surface area contributed by atoms with Crippen LogP contribution in [0.5, 0.6) is 0 Å². The lowest BCUT2D eigenvalue weighted by Crippen LogP contribution is -2.58. The molecule has 2 aliphatic rings. The molecule has 0 spiro atoms. The quantitative estimate of drug-likeness (QED) is 0.603. The Bertz CT molecular complexity index is 296. The van der Waals surface area contributed by atoms with Crippen molar-refractivity contribution < 1.29 is 13.3 Å². The second-order valence-electron chi connectivity index (χ2n) is 6.32. The molecule has 0 atom stereocenters. The molecule has 0 N–H and O–H groups in total. The first-order valence-corrected chi connectivity index (χ1v) is 10.5. The van der Waals surface area contributed by atoms with Crippen molar-refractivity contribution >= 4 is 8.80 Å². The predicted molar refractivity (Wildman–Crippen MR) is 90.0 cm³/mol. The van der Waals surface area contributed by atoms with Gasteiger partial charge in [0.2, 0.25) is 0 Å². The SMILES string of the molecule is CO[Si](CN1CCN(CCN2CCCCC2)CC1)(OC)OC. The fraction of sp³-hybridized carbons (Fsp3) is 1.00. The first-order valence-electron chi connectivity index (χ1n) is 8.54. The van der Waals surface area contributed by atoms with Crippen LogP contribution in [0.1, 0.15) is 19.3 Å². The third-order valence-electron chi connectivity index (χ3n) is 5.00. The van der Waals surface area contributed by atoms with E-state index in [0.29, 0.717) is 0 Å². The Kier molecular flexibility index (Phi) is 7.76. The molecule has 0 bridgehead atoms. The average molecular weight is 332 g/mol. The highest BCUT2D eigenvalue weighted by Crippen LogP contribution is 2.12. The minimum Gasteiger partial charge on any atom is -0.376 e. The first-order chi connectivity index (χ1) is 10.7. The van der Waals surface area contributed by atoms with Crippen LogP contribution in [0.4, 0.5) is 0 Å². The molecule has 7 heteroatoms. The van der Waals surface area contributed by atoms with E-state index in [1.165, 1.54) is 45.4 Å². The smallest absolute Gasteiger partial charge is 0.376 e. The van der Waals surface area contributed by atoms with Gasteiger partial charge in [0.15, 0.2) is 0 Å². The highest BCUT2D eigenvalue weighted by atomic mass is 28.4. The minimum absolute atomic E-state index is 0.788. The summed E-state index contributed by atoms with van der Waals surface area (Å²) >= 11 is 0. The van der Waals surface area contributed by atoms with Crippen molar-refractivity contribution in [2.45, 2.75) is 19.3 Å². The van der Waals surface area contributed by atoms with Crippen LogP contribution in [0, 0.1) is 0 Å². The molecule has 2 aliphatic heterocycles. The Morgan fingerprint density at radius 2 is 1.09 bits per heavy atom. The van der Waals surface area contributed by atoms with Crippen LogP contribution in [0.2, 0.25) is 0 Å². The van der Waals surface area contributed by atoms with Crippen molar-refractivity contribution in [1.29, 1.82) is 0 Å². The zero-order chi connectivity index (χ0) is 15.8. The molecular formula is C15H33N3O3Si. The Balaban J connectivity index is 1.66. The van der Waals surface area contributed by atoms with Gasteiger partial charge in [-0.25, -0.2) is 0 Å². The summed E-state index contributed by atoms with van der Waals surface area (Å²) in [7, 11) is 2.59. The van der Waals surface area contributed by atoms with Gasteiger partial charge in [-0.2, -0.15) is 0 Å². The van der Waals surface area contributed by atoms with Gasteiger partial charge < -0.3 is 18.2 Å². The number of nitrogens with zero attached hydrogens (tertiary/aromatic N) is 3. The fourth-order valence-corrected chi connectivity index (χ4v) is 5.11. The molecule has 0 radical (unpaired) electrons. The van der Waals surface area contributed by atoms with E-state index < -0.39 is 8.80 Å². The maximum Gasteiger partial charge on any atom is 0.514 e. The zero-order valence-electron chi connectivity index (χ0n) is 14.6. The normalized spacial score (nSPS) is 23.0. The second-order valence-corrected chi connectivity index (χ2v) is 9.22. The summed E-state index contributed by atoms with van der Waals surface area (Å²) in [6.07, 6.45) is 4.97. The van der Waals surface area contributed by atoms with Crippen molar-refractivity contribution in [3.05, 3.63) is 0 Å². The van der Waals surface area contributed by atoms with Crippen LogP contribution in [0.15, 0.2) is 0 Å². The Hall–Kier alpha value is -0.0231. The summed E-state index contributed by atoms with van der Waals surface area (Å²) in [4.78, 5) is 7.62. The van der Waals surface area contributed by atoms with E-state index in [0.717, 1.165) is 32.3 Å². The third-order valence-corrected chi connectivity index (χ3v) is 7.70. The summed E-state index contributed by atoms with van der Waals surface area (Å²) in [5.74, 6) is 0. The summed E-state index contributed by atoms with van der Waals surface area (Å²) in [5, 5.41) is 0. The van der Waals surface area contributed by atoms with Gasteiger partial charge in [0.25, 0.3) is 0 Å². The molecule has 2 fully saturated rings. The molecule has 0 aromatic heterocycles. The minimum atomic E-state index is -2.47. The molecule has 0 unspecified atom stereocenters. The Labute approximate surface area is 136 Å². The van der Waals surface area contributed by atoms with E-state index in [1.807, 2.05) is 0 Å².